The second-order valence-corrected chi connectivity index (χ2v) is 7.80. The van der Waals surface area contributed by atoms with Gasteiger partial charge in [-0.3, -0.25) is 4.79 Å². The molecule has 3 aromatic rings. The molecule has 3 aromatic carbocycles. The lowest BCUT2D eigenvalue weighted by Gasteiger charge is -2.15. The number of ether oxygens (including phenoxy) is 2. The summed E-state index contributed by atoms with van der Waals surface area (Å²) in [4.78, 5) is 23.5. The van der Waals surface area contributed by atoms with Gasteiger partial charge in [0.1, 0.15) is 18.2 Å². The number of amides is 1. The fourth-order valence-corrected chi connectivity index (χ4v) is 3.44. The Kier molecular flexibility index (Phi) is 8.88. The van der Waals surface area contributed by atoms with Crippen molar-refractivity contribution in [3.8, 4) is 17.6 Å². The number of carbonyl (C=O) groups excluding carboxylic acids is 1. The first kappa shape index (κ1) is 25.3. The Hall–Kier alpha value is -4.28. The van der Waals surface area contributed by atoms with E-state index in [9.17, 15) is 14.9 Å². The van der Waals surface area contributed by atoms with Crippen molar-refractivity contribution < 1.29 is 24.2 Å². The van der Waals surface area contributed by atoms with Gasteiger partial charge in [0.15, 0.2) is 11.5 Å². The number of benzene rings is 3. The first-order valence-electron chi connectivity index (χ1n) is 10.8. The van der Waals surface area contributed by atoms with Gasteiger partial charge in [0.05, 0.1) is 17.2 Å². The summed E-state index contributed by atoms with van der Waals surface area (Å²) in [5.74, 6) is -0.848. The van der Waals surface area contributed by atoms with E-state index in [1.54, 1.807) is 24.3 Å². The van der Waals surface area contributed by atoms with Gasteiger partial charge in [-0.05, 0) is 54.0 Å². The number of nitriles is 1. The highest BCUT2D eigenvalue weighted by Crippen LogP contribution is 2.38. The lowest BCUT2D eigenvalue weighted by atomic mass is 10.1. The van der Waals surface area contributed by atoms with E-state index >= 15 is 0 Å². The highest BCUT2D eigenvalue weighted by atomic mass is 35.5. The van der Waals surface area contributed by atoms with E-state index in [2.05, 4.69) is 5.32 Å². The molecule has 0 atom stereocenters. The average molecular weight is 491 g/mol. The molecule has 0 radical (unpaired) electrons. The molecular weight excluding hydrogens is 468 g/mol. The standard InChI is InChI=1S/C27H23ClN2O5/c1-2-34-24-14-20(12-22(15-29)26(31)30-16-18-6-4-3-5-7-18)13-23(28)25(24)35-17-19-8-10-21(11-9-19)27(32)33/h3-14H,2,16-17H2,1H3,(H,30,31)(H,32,33)/b22-12+. The predicted octanol–water partition coefficient (Wildman–Crippen LogP) is 5.24. The number of halogens is 1. The fourth-order valence-electron chi connectivity index (χ4n) is 3.16. The normalized spacial score (nSPS) is 10.8. The molecule has 7 nitrogen and oxygen atoms in total. The minimum absolute atomic E-state index is 0.0772. The van der Waals surface area contributed by atoms with Crippen LogP contribution in [0.5, 0.6) is 11.5 Å². The quantitative estimate of drug-likeness (QED) is 0.297. The number of carbonyl (C=O) groups is 2. The molecule has 0 aliphatic rings. The van der Waals surface area contributed by atoms with Crippen molar-refractivity contribution in [3.05, 3.63) is 99.6 Å². The molecule has 0 spiro atoms. The molecule has 0 fully saturated rings. The summed E-state index contributed by atoms with van der Waals surface area (Å²) in [6.45, 7) is 2.59. The highest BCUT2D eigenvalue weighted by Gasteiger charge is 2.15. The van der Waals surface area contributed by atoms with Gasteiger partial charge in [0.2, 0.25) is 0 Å². The minimum atomic E-state index is -1.01. The zero-order chi connectivity index (χ0) is 25.2. The fraction of sp³-hybridized carbons (Fsp3) is 0.148. The summed E-state index contributed by atoms with van der Waals surface area (Å²) in [5.41, 5.74) is 2.27. The predicted molar refractivity (Wildman–Crippen MR) is 132 cm³/mol. The molecule has 0 aliphatic carbocycles. The van der Waals surface area contributed by atoms with Crippen LogP contribution >= 0.6 is 11.6 Å². The first-order chi connectivity index (χ1) is 16.9. The second-order valence-electron chi connectivity index (χ2n) is 7.39. The molecule has 0 saturated carbocycles. The summed E-state index contributed by atoms with van der Waals surface area (Å²) in [6, 6.07) is 20.8. The molecular formula is C27H23ClN2O5. The third-order valence-electron chi connectivity index (χ3n) is 4.89. The van der Waals surface area contributed by atoms with Crippen LogP contribution in [-0.4, -0.2) is 23.6 Å². The smallest absolute Gasteiger partial charge is 0.335 e. The molecule has 35 heavy (non-hydrogen) atoms. The third-order valence-corrected chi connectivity index (χ3v) is 5.17. The number of aromatic carboxylic acids is 1. The van der Waals surface area contributed by atoms with E-state index in [1.165, 1.54) is 18.2 Å². The molecule has 0 bridgehead atoms. The van der Waals surface area contributed by atoms with Crippen LogP contribution in [0.2, 0.25) is 5.02 Å². The van der Waals surface area contributed by atoms with Gasteiger partial charge in [-0.15, -0.1) is 0 Å². The molecule has 1 amide bonds. The Morgan fingerprint density at radius 1 is 1.06 bits per heavy atom. The Balaban J connectivity index is 1.77. The van der Waals surface area contributed by atoms with Gasteiger partial charge < -0.3 is 19.9 Å². The molecule has 0 aliphatic heterocycles. The number of nitrogens with zero attached hydrogens (tertiary/aromatic N) is 1. The molecule has 8 heteroatoms. The number of hydrogen-bond acceptors (Lipinski definition) is 5. The maximum atomic E-state index is 12.5. The van der Waals surface area contributed by atoms with Crippen LogP contribution in [0.4, 0.5) is 0 Å². The summed E-state index contributed by atoms with van der Waals surface area (Å²) in [6.07, 6.45) is 1.43. The maximum Gasteiger partial charge on any atom is 0.335 e. The third kappa shape index (κ3) is 7.10. The van der Waals surface area contributed by atoms with Crippen molar-refractivity contribution in [1.82, 2.24) is 5.32 Å². The van der Waals surface area contributed by atoms with Crippen molar-refractivity contribution in [2.45, 2.75) is 20.1 Å². The molecule has 2 N–H and O–H groups in total. The van der Waals surface area contributed by atoms with Gasteiger partial charge in [0, 0.05) is 6.54 Å². The number of hydrogen-bond donors (Lipinski definition) is 2. The van der Waals surface area contributed by atoms with Crippen LogP contribution in [0.15, 0.2) is 72.3 Å². The van der Waals surface area contributed by atoms with Gasteiger partial charge >= 0.3 is 5.97 Å². The van der Waals surface area contributed by atoms with Crippen molar-refractivity contribution in [2.24, 2.45) is 0 Å². The van der Waals surface area contributed by atoms with Crippen molar-refractivity contribution >= 4 is 29.6 Å². The highest BCUT2D eigenvalue weighted by molar-refractivity contribution is 6.32. The lowest BCUT2D eigenvalue weighted by Crippen LogP contribution is -2.23. The van der Waals surface area contributed by atoms with Gasteiger partial charge in [-0.25, -0.2) is 4.79 Å². The Labute approximate surface area is 208 Å². The van der Waals surface area contributed by atoms with Crippen LogP contribution in [0.1, 0.15) is 34.0 Å². The SMILES string of the molecule is CCOc1cc(/C=C(\C#N)C(=O)NCc2ccccc2)cc(Cl)c1OCc1ccc(C(=O)O)cc1. The number of rotatable bonds is 10. The number of carboxylic acid groups (broad SMARTS) is 1. The van der Waals surface area contributed by atoms with E-state index in [1.807, 2.05) is 43.3 Å². The maximum absolute atomic E-state index is 12.5. The second kappa shape index (κ2) is 12.3. The summed E-state index contributed by atoms with van der Waals surface area (Å²) in [5, 5.41) is 21.5. The molecule has 0 heterocycles. The van der Waals surface area contributed by atoms with Gasteiger partial charge in [-0.1, -0.05) is 54.1 Å². The van der Waals surface area contributed by atoms with E-state index in [0.29, 0.717) is 30.2 Å². The summed E-state index contributed by atoms with van der Waals surface area (Å²) in [7, 11) is 0. The van der Waals surface area contributed by atoms with E-state index in [4.69, 9.17) is 26.2 Å². The van der Waals surface area contributed by atoms with Crippen molar-refractivity contribution in [1.29, 1.82) is 5.26 Å². The zero-order valence-electron chi connectivity index (χ0n) is 19.0. The van der Waals surface area contributed by atoms with Crippen LogP contribution in [0.25, 0.3) is 6.08 Å². The Bertz CT molecular complexity index is 1270. The monoisotopic (exact) mass is 490 g/mol. The average Bonchev–Trinajstić information content (AvgIpc) is 2.86. The summed E-state index contributed by atoms with van der Waals surface area (Å²) < 4.78 is 11.5. The molecule has 0 unspecified atom stereocenters. The van der Waals surface area contributed by atoms with Crippen LogP contribution < -0.4 is 14.8 Å². The van der Waals surface area contributed by atoms with E-state index in [-0.39, 0.29) is 22.8 Å². The Morgan fingerprint density at radius 2 is 1.77 bits per heavy atom. The molecule has 0 saturated heterocycles. The lowest BCUT2D eigenvalue weighted by molar-refractivity contribution is -0.117. The van der Waals surface area contributed by atoms with Crippen LogP contribution in [0.3, 0.4) is 0 Å². The Morgan fingerprint density at radius 3 is 2.40 bits per heavy atom. The van der Waals surface area contributed by atoms with E-state index in [0.717, 1.165) is 11.1 Å². The van der Waals surface area contributed by atoms with Crippen LogP contribution in [-0.2, 0) is 17.9 Å². The van der Waals surface area contributed by atoms with Crippen LogP contribution in [0, 0.1) is 11.3 Å². The zero-order valence-corrected chi connectivity index (χ0v) is 19.7. The molecule has 0 aromatic heterocycles. The minimum Gasteiger partial charge on any atom is -0.490 e. The topological polar surface area (TPSA) is 109 Å². The largest absolute Gasteiger partial charge is 0.490 e. The molecule has 3 rings (SSSR count). The van der Waals surface area contributed by atoms with E-state index < -0.39 is 11.9 Å². The first-order valence-corrected chi connectivity index (χ1v) is 11.1. The van der Waals surface area contributed by atoms with Gasteiger partial charge in [0.25, 0.3) is 5.91 Å². The number of carboxylic acids is 1. The van der Waals surface area contributed by atoms with Gasteiger partial charge in [-0.2, -0.15) is 5.26 Å². The number of nitrogens with one attached hydrogen (secondary N) is 1. The summed E-state index contributed by atoms with van der Waals surface area (Å²) >= 11 is 6.46. The van der Waals surface area contributed by atoms with Crippen molar-refractivity contribution in [2.75, 3.05) is 6.61 Å². The van der Waals surface area contributed by atoms with Crippen molar-refractivity contribution in [3.63, 3.8) is 0 Å². The molecule has 178 valence electrons.